The number of anilines is 1. The average molecular weight is 160 g/mol. The van der Waals surface area contributed by atoms with Gasteiger partial charge < -0.3 is 5.73 Å². The van der Waals surface area contributed by atoms with Gasteiger partial charge in [0.1, 0.15) is 6.07 Å². The van der Waals surface area contributed by atoms with E-state index in [4.69, 9.17) is 11.0 Å². The Morgan fingerprint density at radius 3 is 2.92 bits per heavy atom. The predicted molar refractivity (Wildman–Crippen MR) is 43.1 cm³/mol. The fourth-order valence-electron chi connectivity index (χ4n) is 1.16. The highest BCUT2D eigenvalue weighted by atomic mass is 15.0. The number of nitriles is 1. The van der Waals surface area contributed by atoms with Crippen LogP contribution in [0.4, 0.5) is 5.95 Å². The number of nitrogens with zero attached hydrogens (tertiary/aromatic N) is 3. The molecule has 1 aromatic rings. The summed E-state index contributed by atoms with van der Waals surface area (Å²) in [5.74, 6) is 0.709. The maximum absolute atomic E-state index is 8.72. The molecule has 12 heavy (non-hydrogen) atoms. The number of aromatic nitrogens is 2. The van der Waals surface area contributed by atoms with Crippen LogP contribution in [0.3, 0.4) is 0 Å². The van der Waals surface area contributed by atoms with Crippen molar-refractivity contribution in [1.29, 1.82) is 5.26 Å². The van der Waals surface area contributed by atoms with Gasteiger partial charge in [-0.1, -0.05) is 0 Å². The molecule has 1 heterocycles. The summed E-state index contributed by atoms with van der Waals surface area (Å²) in [5.41, 5.74) is 6.80. The van der Waals surface area contributed by atoms with Crippen molar-refractivity contribution in [2.24, 2.45) is 0 Å². The molecule has 0 amide bonds. The van der Waals surface area contributed by atoms with E-state index in [2.05, 4.69) is 16.0 Å². The van der Waals surface area contributed by atoms with E-state index in [-0.39, 0.29) is 5.95 Å². The molecule has 0 aromatic carbocycles. The van der Waals surface area contributed by atoms with Gasteiger partial charge in [0.25, 0.3) is 0 Å². The highest BCUT2D eigenvalue weighted by Crippen LogP contribution is 2.40. The van der Waals surface area contributed by atoms with Crippen LogP contribution in [-0.2, 0) is 0 Å². The topological polar surface area (TPSA) is 75.6 Å². The standard InChI is InChI=1S/C8H8N4/c9-3-6-4-11-8(10)12-7(6)5-1-2-5/h4-5H,1-2H2,(H2,10,11,12). The van der Waals surface area contributed by atoms with Crippen molar-refractivity contribution in [3.8, 4) is 6.07 Å². The Morgan fingerprint density at radius 2 is 2.33 bits per heavy atom. The summed E-state index contributed by atoms with van der Waals surface area (Å²) in [5, 5.41) is 8.72. The lowest BCUT2D eigenvalue weighted by molar-refractivity contribution is 0.985. The van der Waals surface area contributed by atoms with Crippen molar-refractivity contribution < 1.29 is 0 Å². The van der Waals surface area contributed by atoms with Gasteiger partial charge in [-0.2, -0.15) is 5.26 Å². The summed E-state index contributed by atoms with van der Waals surface area (Å²) in [6.07, 6.45) is 3.73. The lowest BCUT2D eigenvalue weighted by Crippen LogP contribution is -2.00. The fourth-order valence-corrected chi connectivity index (χ4v) is 1.16. The summed E-state index contributed by atoms with van der Waals surface area (Å²) < 4.78 is 0. The predicted octanol–water partition coefficient (Wildman–Crippen LogP) is 0.808. The molecular formula is C8H8N4. The zero-order valence-corrected chi connectivity index (χ0v) is 6.49. The maximum Gasteiger partial charge on any atom is 0.220 e. The minimum Gasteiger partial charge on any atom is -0.368 e. The van der Waals surface area contributed by atoms with E-state index < -0.39 is 0 Å². The second-order valence-electron chi connectivity index (χ2n) is 2.91. The van der Waals surface area contributed by atoms with Crippen LogP contribution in [-0.4, -0.2) is 9.97 Å². The van der Waals surface area contributed by atoms with Crippen LogP contribution in [0.5, 0.6) is 0 Å². The van der Waals surface area contributed by atoms with Crippen molar-refractivity contribution in [3.05, 3.63) is 17.5 Å². The highest BCUT2D eigenvalue weighted by molar-refractivity contribution is 5.38. The van der Waals surface area contributed by atoms with E-state index in [1.54, 1.807) is 0 Å². The van der Waals surface area contributed by atoms with Gasteiger partial charge in [0.15, 0.2) is 0 Å². The molecule has 0 saturated heterocycles. The monoisotopic (exact) mass is 160 g/mol. The average Bonchev–Trinajstić information content (AvgIpc) is 2.87. The third-order valence-corrected chi connectivity index (χ3v) is 1.92. The molecule has 4 heteroatoms. The first-order valence-corrected chi connectivity index (χ1v) is 3.84. The van der Waals surface area contributed by atoms with Crippen molar-refractivity contribution >= 4 is 5.95 Å². The number of hydrogen-bond donors (Lipinski definition) is 1. The quantitative estimate of drug-likeness (QED) is 0.659. The molecule has 0 aliphatic heterocycles. The molecule has 1 aliphatic rings. The molecule has 0 radical (unpaired) electrons. The molecule has 0 spiro atoms. The Labute approximate surface area is 70.1 Å². The van der Waals surface area contributed by atoms with Gasteiger partial charge in [-0.3, -0.25) is 0 Å². The minimum absolute atomic E-state index is 0.260. The summed E-state index contributed by atoms with van der Waals surface area (Å²) in [7, 11) is 0. The van der Waals surface area contributed by atoms with Crippen LogP contribution in [0.15, 0.2) is 6.20 Å². The van der Waals surface area contributed by atoms with Crippen LogP contribution in [0.1, 0.15) is 30.0 Å². The van der Waals surface area contributed by atoms with Gasteiger partial charge in [-0.25, -0.2) is 9.97 Å². The molecule has 1 aromatic heterocycles. The number of nitrogen functional groups attached to an aromatic ring is 1. The highest BCUT2D eigenvalue weighted by Gasteiger charge is 2.28. The summed E-state index contributed by atoms with van der Waals surface area (Å²) in [6.45, 7) is 0. The molecule has 4 nitrogen and oxygen atoms in total. The Balaban J connectivity index is 2.48. The molecule has 2 N–H and O–H groups in total. The lowest BCUT2D eigenvalue weighted by atomic mass is 10.2. The summed E-state index contributed by atoms with van der Waals surface area (Å²) >= 11 is 0. The van der Waals surface area contributed by atoms with Gasteiger partial charge in [0.2, 0.25) is 5.95 Å². The number of rotatable bonds is 1. The van der Waals surface area contributed by atoms with Crippen LogP contribution in [0.2, 0.25) is 0 Å². The Hall–Kier alpha value is -1.63. The molecule has 0 unspecified atom stereocenters. The number of hydrogen-bond acceptors (Lipinski definition) is 4. The van der Waals surface area contributed by atoms with E-state index in [0.717, 1.165) is 18.5 Å². The maximum atomic E-state index is 8.72. The number of nitrogens with two attached hydrogens (primary N) is 1. The fraction of sp³-hybridized carbons (Fsp3) is 0.375. The van der Waals surface area contributed by atoms with Gasteiger partial charge >= 0.3 is 0 Å². The van der Waals surface area contributed by atoms with Crippen molar-refractivity contribution in [2.45, 2.75) is 18.8 Å². The smallest absolute Gasteiger partial charge is 0.220 e. The first kappa shape index (κ1) is 7.04. The molecule has 1 fully saturated rings. The third-order valence-electron chi connectivity index (χ3n) is 1.92. The molecule has 0 atom stereocenters. The van der Waals surface area contributed by atoms with Gasteiger partial charge in [0.05, 0.1) is 17.5 Å². The van der Waals surface area contributed by atoms with E-state index in [9.17, 15) is 0 Å². The van der Waals surface area contributed by atoms with E-state index >= 15 is 0 Å². The molecule has 1 saturated carbocycles. The zero-order valence-electron chi connectivity index (χ0n) is 6.49. The van der Waals surface area contributed by atoms with Crippen LogP contribution in [0, 0.1) is 11.3 Å². The minimum atomic E-state index is 0.260. The molecule has 0 bridgehead atoms. The van der Waals surface area contributed by atoms with Gasteiger partial charge in [-0.05, 0) is 12.8 Å². The van der Waals surface area contributed by atoms with Gasteiger partial charge in [-0.15, -0.1) is 0 Å². The second kappa shape index (κ2) is 2.45. The normalized spacial score (nSPS) is 15.6. The van der Waals surface area contributed by atoms with Crippen LogP contribution >= 0.6 is 0 Å². The van der Waals surface area contributed by atoms with E-state index in [1.165, 1.54) is 6.20 Å². The molecular weight excluding hydrogens is 152 g/mol. The molecule has 2 rings (SSSR count). The third kappa shape index (κ3) is 1.10. The van der Waals surface area contributed by atoms with Gasteiger partial charge in [0, 0.05) is 5.92 Å². The molecule has 1 aliphatic carbocycles. The summed E-state index contributed by atoms with van der Waals surface area (Å²) in [4.78, 5) is 7.82. The Bertz CT molecular complexity index is 349. The second-order valence-corrected chi connectivity index (χ2v) is 2.91. The first-order chi connectivity index (χ1) is 5.81. The van der Waals surface area contributed by atoms with E-state index in [1.807, 2.05) is 0 Å². The largest absolute Gasteiger partial charge is 0.368 e. The Kier molecular flexibility index (Phi) is 1.44. The zero-order chi connectivity index (χ0) is 8.55. The van der Waals surface area contributed by atoms with Crippen molar-refractivity contribution in [2.75, 3.05) is 5.73 Å². The molecule has 60 valence electrons. The van der Waals surface area contributed by atoms with Crippen LogP contribution in [0.25, 0.3) is 0 Å². The van der Waals surface area contributed by atoms with Crippen molar-refractivity contribution in [3.63, 3.8) is 0 Å². The SMILES string of the molecule is N#Cc1cnc(N)nc1C1CC1. The summed E-state index contributed by atoms with van der Waals surface area (Å²) in [6, 6.07) is 2.06. The van der Waals surface area contributed by atoms with Crippen molar-refractivity contribution in [1.82, 2.24) is 9.97 Å². The van der Waals surface area contributed by atoms with E-state index in [0.29, 0.717) is 11.5 Å². The lowest BCUT2D eigenvalue weighted by Gasteiger charge is -1.99. The Morgan fingerprint density at radius 1 is 1.58 bits per heavy atom. The van der Waals surface area contributed by atoms with Crippen LogP contribution < -0.4 is 5.73 Å². The first-order valence-electron chi connectivity index (χ1n) is 3.84.